The quantitative estimate of drug-likeness (QED) is 0.929. The molecule has 16 heavy (non-hydrogen) atoms. The Balaban J connectivity index is 2.89. The van der Waals surface area contributed by atoms with Gasteiger partial charge in [-0.15, -0.1) is 0 Å². The van der Waals surface area contributed by atoms with Crippen molar-refractivity contribution in [2.45, 2.75) is 19.9 Å². The largest absolute Gasteiger partial charge is 0.301 e. The van der Waals surface area contributed by atoms with Crippen molar-refractivity contribution >= 4 is 31.8 Å². The Morgan fingerprint density at radius 2 is 2.00 bits per heavy atom. The molecule has 0 radical (unpaired) electrons. The van der Waals surface area contributed by atoms with Gasteiger partial charge in [-0.25, -0.2) is 0 Å². The molecule has 0 saturated carbocycles. The third-order valence-corrected chi connectivity index (χ3v) is 4.34. The summed E-state index contributed by atoms with van der Waals surface area (Å²) in [5.41, 5.74) is 0.543. The summed E-state index contributed by atoms with van der Waals surface area (Å²) in [5, 5.41) is 0. The zero-order valence-corrected chi connectivity index (χ0v) is 11.8. The molecule has 1 aromatic carbocycles. The lowest BCUT2D eigenvalue weighted by Gasteiger charge is -2.21. The summed E-state index contributed by atoms with van der Waals surface area (Å²) in [6.45, 7) is 3.64. The molecule has 0 fully saturated rings. The van der Waals surface area contributed by atoms with Gasteiger partial charge in [0.15, 0.2) is 0 Å². The summed E-state index contributed by atoms with van der Waals surface area (Å²) in [5.74, 6) is 0. The highest BCUT2D eigenvalue weighted by Crippen LogP contribution is 2.17. The van der Waals surface area contributed by atoms with Crippen LogP contribution in [0.5, 0.6) is 0 Å². The minimum atomic E-state index is -3.47. The minimum Gasteiger partial charge on any atom is -0.271 e. The first-order valence-corrected chi connectivity index (χ1v) is 7.07. The van der Waals surface area contributed by atoms with Crippen molar-refractivity contribution < 1.29 is 8.42 Å². The first-order chi connectivity index (χ1) is 7.33. The Kier molecular flexibility index (Phi) is 4.35. The number of nitrogens with one attached hydrogen (secondary N) is 1. The van der Waals surface area contributed by atoms with Crippen molar-refractivity contribution in [2.24, 2.45) is 0 Å². The summed E-state index contributed by atoms with van der Waals surface area (Å²) in [6, 6.07) is 6.95. The van der Waals surface area contributed by atoms with E-state index in [4.69, 9.17) is 0 Å². The third-order valence-electron chi connectivity index (χ3n) is 2.18. The van der Waals surface area contributed by atoms with Crippen LogP contribution >= 0.6 is 15.9 Å². The van der Waals surface area contributed by atoms with Gasteiger partial charge in [0.05, 0.1) is 5.69 Å². The molecule has 90 valence electrons. The predicted octanol–water partition coefficient (Wildman–Crippen LogP) is 2.45. The van der Waals surface area contributed by atoms with Crippen LogP contribution in [-0.4, -0.2) is 25.8 Å². The van der Waals surface area contributed by atoms with Crippen LogP contribution in [0.25, 0.3) is 0 Å². The molecule has 1 aromatic rings. The lowest BCUT2D eigenvalue weighted by Crippen LogP contribution is -2.37. The summed E-state index contributed by atoms with van der Waals surface area (Å²) in [7, 11) is -1.92. The van der Waals surface area contributed by atoms with Crippen molar-refractivity contribution in [3.63, 3.8) is 0 Å². The van der Waals surface area contributed by atoms with Gasteiger partial charge in [0, 0.05) is 17.6 Å². The summed E-state index contributed by atoms with van der Waals surface area (Å²) in [6.07, 6.45) is 0. The highest BCUT2D eigenvalue weighted by atomic mass is 79.9. The van der Waals surface area contributed by atoms with Gasteiger partial charge in [-0.2, -0.15) is 12.7 Å². The van der Waals surface area contributed by atoms with Crippen LogP contribution in [0.15, 0.2) is 28.7 Å². The SMILES string of the molecule is CC(C)N(C)S(=O)(=O)Nc1cccc(Br)c1. The predicted molar refractivity (Wildman–Crippen MR) is 69.6 cm³/mol. The Labute approximate surface area is 105 Å². The van der Waals surface area contributed by atoms with Crippen LogP contribution in [0.3, 0.4) is 0 Å². The molecule has 0 bridgehead atoms. The molecular weight excluding hydrogens is 292 g/mol. The van der Waals surface area contributed by atoms with E-state index in [-0.39, 0.29) is 6.04 Å². The molecule has 1 rings (SSSR count). The van der Waals surface area contributed by atoms with Crippen molar-refractivity contribution in [2.75, 3.05) is 11.8 Å². The van der Waals surface area contributed by atoms with Crippen molar-refractivity contribution in [3.05, 3.63) is 28.7 Å². The maximum Gasteiger partial charge on any atom is 0.301 e. The van der Waals surface area contributed by atoms with Crippen LogP contribution in [0.2, 0.25) is 0 Å². The fourth-order valence-electron chi connectivity index (χ4n) is 1.05. The van der Waals surface area contributed by atoms with Gasteiger partial charge >= 0.3 is 10.2 Å². The van der Waals surface area contributed by atoms with Gasteiger partial charge in [-0.05, 0) is 32.0 Å². The standard InChI is InChI=1S/C10H15BrN2O2S/c1-8(2)13(3)16(14,15)12-10-6-4-5-9(11)7-10/h4-8,12H,1-3H3. The molecule has 6 heteroatoms. The second-order valence-electron chi connectivity index (χ2n) is 3.73. The molecule has 0 aliphatic carbocycles. The maximum atomic E-state index is 11.9. The summed E-state index contributed by atoms with van der Waals surface area (Å²) in [4.78, 5) is 0. The van der Waals surface area contributed by atoms with E-state index in [0.717, 1.165) is 4.47 Å². The van der Waals surface area contributed by atoms with Gasteiger partial charge in [0.1, 0.15) is 0 Å². The Morgan fingerprint density at radius 3 is 2.50 bits per heavy atom. The second kappa shape index (κ2) is 5.16. The average molecular weight is 307 g/mol. The van der Waals surface area contributed by atoms with E-state index >= 15 is 0 Å². The maximum absolute atomic E-state index is 11.9. The molecule has 0 saturated heterocycles. The lowest BCUT2D eigenvalue weighted by atomic mass is 10.3. The fourth-order valence-corrected chi connectivity index (χ4v) is 2.57. The van der Waals surface area contributed by atoms with E-state index in [0.29, 0.717) is 5.69 Å². The van der Waals surface area contributed by atoms with Crippen LogP contribution in [-0.2, 0) is 10.2 Å². The Hall–Kier alpha value is -0.590. The zero-order chi connectivity index (χ0) is 12.3. The van der Waals surface area contributed by atoms with E-state index in [1.807, 2.05) is 19.9 Å². The smallest absolute Gasteiger partial charge is 0.271 e. The van der Waals surface area contributed by atoms with Crippen molar-refractivity contribution in [1.29, 1.82) is 0 Å². The van der Waals surface area contributed by atoms with Crippen LogP contribution < -0.4 is 4.72 Å². The topological polar surface area (TPSA) is 49.4 Å². The molecule has 0 atom stereocenters. The molecule has 0 aliphatic rings. The van der Waals surface area contributed by atoms with Crippen molar-refractivity contribution in [3.8, 4) is 0 Å². The van der Waals surface area contributed by atoms with E-state index in [1.165, 1.54) is 4.31 Å². The van der Waals surface area contributed by atoms with Crippen molar-refractivity contribution in [1.82, 2.24) is 4.31 Å². The number of rotatable bonds is 4. The number of anilines is 1. The number of hydrogen-bond acceptors (Lipinski definition) is 2. The zero-order valence-electron chi connectivity index (χ0n) is 9.44. The molecule has 0 amide bonds. The average Bonchev–Trinajstić information content (AvgIpc) is 2.15. The summed E-state index contributed by atoms with van der Waals surface area (Å²) >= 11 is 3.29. The third kappa shape index (κ3) is 3.47. The molecular formula is C10H15BrN2O2S. The second-order valence-corrected chi connectivity index (χ2v) is 6.37. The van der Waals surface area contributed by atoms with Crippen LogP contribution in [0.1, 0.15) is 13.8 Å². The normalized spacial score (nSPS) is 12.1. The first kappa shape index (κ1) is 13.5. The molecule has 0 aliphatic heterocycles. The number of halogens is 1. The molecule has 1 N–H and O–H groups in total. The molecule has 0 aromatic heterocycles. The number of benzene rings is 1. The molecule has 0 heterocycles. The molecule has 0 spiro atoms. The van der Waals surface area contributed by atoms with Gasteiger partial charge in [0.25, 0.3) is 0 Å². The fraction of sp³-hybridized carbons (Fsp3) is 0.400. The van der Waals surface area contributed by atoms with Crippen LogP contribution in [0.4, 0.5) is 5.69 Å². The van der Waals surface area contributed by atoms with Gasteiger partial charge in [-0.1, -0.05) is 22.0 Å². The Bertz CT molecular complexity index is 460. The van der Waals surface area contributed by atoms with Gasteiger partial charge in [-0.3, -0.25) is 4.72 Å². The first-order valence-electron chi connectivity index (χ1n) is 4.84. The highest BCUT2D eigenvalue weighted by Gasteiger charge is 2.19. The van der Waals surface area contributed by atoms with Crippen LogP contribution in [0, 0.1) is 0 Å². The van der Waals surface area contributed by atoms with E-state index in [9.17, 15) is 8.42 Å². The Morgan fingerprint density at radius 1 is 1.38 bits per heavy atom. The number of nitrogens with zero attached hydrogens (tertiary/aromatic N) is 1. The summed E-state index contributed by atoms with van der Waals surface area (Å²) < 4.78 is 28.3. The highest BCUT2D eigenvalue weighted by molar-refractivity contribution is 9.10. The number of hydrogen-bond donors (Lipinski definition) is 1. The van der Waals surface area contributed by atoms with E-state index in [2.05, 4.69) is 20.7 Å². The molecule has 4 nitrogen and oxygen atoms in total. The monoisotopic (exact) mass is 306 g/mol. The minimum absolute atomic E-state index is 0.0790. The van der Waals surface area contributed by atoms with E-state index in [1.54, 1.807) is 25.2 Å². The van der Waals surface area contributed by atoms with Gasteiger partial charge < -0.3 is 0 Å². The van der Waals surface area contributed by atoms with Gasteiger partial charge in [0.2, 0.25) is 0 Å². The lowest BCUT2D eigenvalue weighted by molar-refractivity contribution is 0.414. The molecule has 0 unspecified atom stereocenters. The van der Waals surface area contributed by atoms with E-state index < -0.39 is 10.2 Å².